The molecule has 6 heteroatoms. The van der Waals surface area contributed by atoms with E-state index in [0.29, 0.717) is 0 Å². The molecule has 0 radical (unpaired) electrons. The fourth-order valence-corrected chi connectivity index (χ4v) is 4.35. The lowest BCUT2D eigenvalue weighted by atomic mass is 9.72. The summed E-state index contributed by atoms with van der Waals surface area (Å²) in [5, 5.41) is 0.0101. The van der Waals surface area contributed by atoms with Gasteiger partial charge < -0.3 is 9.47 Å². The molecule has 0 spiro atoms. The van der Waals surface area contributed by atoms with Crippen molar-refractivity contribution < 1.29 is 23.9 Å². The number of carbonyl (C=O) groups excluding carboxylic acids is 3. The molecule has 1 aliphatic carbocycles. The average Bonchev–Trinajstić information content (AvgIpc) is 2.52. The van der Waals surface area contributed by atoms with Gasteiger partial charge in [0.25, 0.3) is 0 Å². The summed E-state index contributed by atoms with van der Waals surface area (Å²) in [4.78, 5) is 36.9. The maximum absolute atomic E-state index is 12.5. The Labute approximate surface area is 149 Å². The van der Waals surface area contributed by atoms with Crippen LogP contribution < -0.4 is 0 Å². The van der Waals surface area contributed by atoms with Crippen LogP contribution in [0.3, 0.4) is 0 Å². The lowest BCUT2D eigenvalue weighted by molar-refractivity contribution is -0.163. The lowest BCUT2D eigenvalue weighted by Crippen LogP contribution is -2.39. The normalized spacial score (nSPS) is 17.4. The van der Waals surface area contributed by atoms with Gasteiger partial charge in [0.05, 0.1) is 14.2 Å². The second-order valence-corrected chi connectivity index (χ2v) is 9.26. The summed E-state index contributed by atoms with van der Waals surface area (Å²) in [5.41, 5.74) is 0. The van der Waals surface area contributed by atoms with E-state index in [1.807, 2.05) is 20.8 Å². The molecule has 24 heavy (non-hydrogen) atoms. The van der Waals surface area contributed by atoms with Crippen molar-refractivity contribution >= 4 is 28.8 Å². The van der Waals surface area contributed by atoms with Crippen LogP contribution in [0.15, 0.2) is 0 Å². The summed E-state index contributed by atoms with van der Waals surface area (Å²) in [7, 11) is 2.53. The summed E-state index contributed by atoms with van der Waals surface area (Å²) in [6.07, 6.45) is 5.36. The highest BCUT2D eigenvalue weighted by Gasteiger charge is 2.42. The van der Waals surface area contributed by atoms with Crippen molar-refractivity contribution in [2.24, 2.45) is 17.8 Å². The fraction of sp³-hybridized carbons (Fsp3) is 0.833. The van der Waals surface area contributed by atoms with E-state index in [1.54, 1.807) is 0 Å². The lowest BCUT2D eigenvalue weighted by Gasteiger charge is -2.33. The van der Waals surface area contributed by atoms with Crippen molar-refractivity contribution in [1.82, 2.24) is 0 Å². The molecule has 0 N–H and O–H groups in total. The highest BCUT2D eigenvalue weighted by atomic mass is 32.2. The van der Waals surface area contributed by atoms with Gasteiger partial charge in [-0.05, 0) is 11.8 Å². The minimum Gasteiger partial charge on any atom is -0.468 e. The van der Waals surface area contributed by atoms with Gasteiger partial charge in [0.1, 0.15) is 0 Å². The quantitative estimate of drug-likeness (QED) is 0.534. The third kappa shape index (κ3) is 6.46. The van der Waals surface area contributed by atoms with Crippen LogP contribution >= 0.6 is 11.8 Å². The van der Waals surface area contributed by atoms with E-state index < -0.39 is 17.9 Å². The first kappa shape index (κ1) is 21.0. The van der Waals surface area contributed by atoms with Gasteiger partial charge >= 0.3 is 11.9 Å². The Hall–Kier alpha value is -1.04. The molecule has 0 saturated heterocycles. The van der Waals surface area contributed by atoms with Crippen LogP contribution in [-0.4, -0.2) is 36.0 Å². The first-order valence-electron chi connectivity index (χ1n) is 8.57. The van der Waals surface area contributed by atoms with Gasteiger partial charge in [-0.25, -0.2) is 0 Å². The number of hydrogen-bond acceptors (Lipinski definition) is 6. The van der Waals surface area contributed by atoms with Crippen molar-refractivity contribution in [2.75, 3.05) is 14.2 Å². The van der Waals surface area contributed by atoms with Crippen LogP contribution in [0.25, 0.3) is 0 Å². The van der Waals surface area contributed by atoms with Gasteiger partial charge in [0, 0.05) is 11.2 Å². The molecule has 0 unspecified atom stereocenters. The first-order chi connectivity index (χ1) is 11.2. The van der Waals surface area contributed by atoms with Crippen LogP contribution in [0, 0.1) is 17.8 Å². The van der Waals surface area contributed by atoms with Crippen LogP contribution in [0.1, 0.15) is 59.3 Å². The predicted octanol–water partition coefficient (Wildman–Crippen LogP) is 3.59. The standard InChI is InChI=1S/C18H30O5S/c1-18(2,3)24-14(19)11-13(12-9-7-6-8-10-12)15(16(20)22-4)17(21)23-5/h12-13,15H,6-11H2,1-5H3/t13-/m0/s1. The molecule has 138 valence electrons. The molecular formula is C18H30O5S. The summed E-state index contributed by atoms with van der Waals surface area (Å²) in [6.45, 7) is 5.93. The molecule has 0 bridgehead atoms. The molecule has 1 rings (SSSR count). The van der Waals surface area contributed by atoms with Crippen molar-refractivity contribution in [3.8, 4) is 0 Å². The van der Waals surface area contributed by atoms with Crippen molar-refractivity contribution in [2.45, 2.75) is 64.0 Å². The molecular weight excluding hydrogens is 328 g/mol. The molecule has 5 nitrogen and oxygen atoms in total. The highest BCUT2D eigenvalue weighted by molar-refractivity contribution is 8.14. The number of hydrogen-bond donors (Lipinski definition) is 0. The molecule has 0 aromatic heterocycles. The Bertz CT molecular complexity index is 433. The van der Waals surface area contributed by atoms with E-state index >= 15 is 0 Å². The van der Waals surface area contributed by atoms with Crippen molar-refractivity contribution in [3.63, 3.8) is 0 Å². The Morgan fingerprint density at radius 1 is 1.00 bits per heavy atom. The summed E-state index contributed by atoms with van der Waals surface area (Å²) in [6, 6.07) is 0. The zero-order chi connectivity index (χ0) is 18.3. The van der Waals surface area contributed by atoms with Gasteiger partial charge in [0.15, 0.2) is 11.0 Å². The monoisotopic (exact) mass is 358 g/mol. The number of esters is 2. The summed E-state index contributed by atoms with van der Waals surface area (Å²) < 4.78 is 9.47. The van der Waals surface area contributed by atoms with Crippen molar-refractivity contribution in [3.05, 3.63) is 0 Å². The number of methoxy groups -OCH3 is 2. The smallest absolute Gasteiger partial charge is 0.320 e. The molecule has 0 aromatic carbocycles. The minimum atomic E-state index is -1.02. The summed E-state index contributed by atoms with van der Waals surface area (Å²) >= 11 is 1.26. The fourth-order valence-electron chi connectivity index (χ4n) is 3.39. The average molecular weight is 359 g/mol. The molecule has 1 atom stereocenters. The Morgan fingerprint density at radius 3 is 1.92 bits per heavy atom. The highest BCUT2D eigenvalue weighted by Crippen LogP contribution is 2.39. The largest absolute Gasteiger partial charge is 0.468 e. The Morgan fingerprint density at radius 2 is 1.50 bits per heavy atom. The van der Waals surface area contributed by atoms with Crippen molar-refractivity contribution in [1.29, 1.82) is 0 Å². The maximum Gasteiger partial charge on any atom is 0.320 e. The first-order valence-corrected chi connectivity index (χ1v) is 9.38. The molecule has 0 aliphatic heterocycles. The summed E-state index contributed by atoms with van der Waals surface area (Å²) in [5.74, 6) is -2.41. The predicted molar refractivity (Wildman–Crippen MR) is 94.6 cm³/mol. The second kappa shape index (κ2) is 9.44. The zero-order valence-electron chi connectivity index (χ0n) is 15.4. The number of ether oxygens (including phenoxy) is 2. The Kier molecular flexibility index (Phi) is 8.27. The van der Waals surface area contributed by atoms with E-state index in [2.05, 4.69) is 0 Å². The number of carbonyl (C=O) groups is 3. The second-order valence-electron chi connectivity index (χ2n) is 7.38. The van der Waals surface area contributed by atoms with Gasteiger partial charge in [-0.2, -0.15) is 0 Å². The molecule has 0 heterocycles. The van der Waals surface area contributed by atoms with E-state index in [9.17, 15) is 14.4 Å². The van der Waals surface area contributed by atoms with Crippen LogP contribution in [0.4, 0.5) is 0 Å². The van der Waals surface area contributed by atoms with E-state index in [4.69, 9.17) is 9.47 Å². The third-order valence-electron chi connectivity index (χ3n) is 4.42. The Balaban J connectivity index is 3.03. The zero-order valence-corrected chi connectivity index (χ0v) is 16.2. The number of thioether (sulfide) groups is 1. The van der Waals surface area contributed by atoms with Gasteiger partial charge in [0.2, 0.25) is 0 Å². The van der Waals surface area contributed by atoms with E-state index in [-0.39, 0.29) is 28.1 Å². The molecule has 0 amide bonds. The maximum atomic E-state index is 12.5. The van der Waals surface area contributed by atoms with Gasteiger partial charge in [-0.15, -0.1) is 0 Å². The molecule has 1 fully saturated rings. The number of rotatable bonds is 6. The molecule has 1 aliphatic rings. The minimum absolute atomic E-state index is 0.0101. The van der Waals surface area contributed by atoms with Crippen LogP contribution in [0.5, 0.6) is 0 Å². The molecule has 1 saturated carbocycles. The molecule has 0 aromatic rings. The third-order valence-corrected chi connectivity index (χ3v) is 5.42. The van der Waals surface area contributed by atoms with Crippen LogP contribution in [0.2, 0.25) is 0 Å². The van der Waals surface area contributed by atoms with Gasteiger partial charge in [-0.1, -0.05) is 64.6 Å². The SMILES string of the molecule is COC(=O)C(C(=O)OC)[C@@H](CC(=O)SC(C)(C)C)C1CCCCC1. The van der Waals surface area contributed by atoms with E-state index in [1.165, 1.54) is 26.0 Å². The van der Waals surface area contributed by atoms with Gasteiger partial charge in [-0.3, -0.25) is 14.4 Å². The van der Waals surface area contributed by atoms with E-state index in [0.717, 1.165) is 32.1 Å². The topological polar surface area (TPSA) is 69.7 Å². The van der Waals surface area contributed by atoms with Crippen LogP contribution in [-0.2, 0) is 23.9 Å².